The number of ether oxygens (including phenoxy) is 2. The Morgan fingerprint density at radius 3 is 2.32 bits per heavy atom. The van der Waals surface area contributed by atoms with Gasteiger partial charge in [-0.1, -0.05) is 48.5 Å². The Kier molecular flexibility index (Phi) is 9.37. The lowest BCUT2D eigenvalue weighted by molar-refractivity contribution is -0.141. The summed E-state index contributed by atoms with van der Waals surface area (Å²) >= 11 is 1.52. The second-order valence-corrected chi connectivity index (χ2v) is 7.23. The van der Waals surface area contributed by atoms with Gasteiger partial charge in [0.1, 0.15) is 6.61 Å². The Balaban J connectivity index is 1.89. The van der Waals surface area contributed by atoms with Crippen LogP contribution in [0.4, 0.5) is 4.79 Å². The molecule has 0 aliphatic rings. The van der Waals surface area contributed by atoms with Gasteiger partial charge in [-0.25, -0.2) is 4.79 Å². The smallest absolute Gasteiger partial charge is 0.407 e. The van der Waals surface area contributed by atoms with Crippen LogP contribution in [0.1, 0.15) is 18.9 Å². The molecule has 150 valence electrons. The van der Waals surface area contributed by atoms with Gasteiger partial charge in [-0.05, 0) is 17.7 Å². The van der Waals surface area contributed by atoms with E-state index < -0.39 is 24.2 Å². The van der Waals surface area contributed by atoms with E-state index in [9.17, 15) is 14.7 Å². The highest BCUT2D eigenvalue weighted by molar-refractivity contribution is 7.99. The molecule has 0 aliphatic carbocycles. The fourth-order valence-corrected chi connectivity index (χ4v) is 3.42. The number of benzene rings is 2. The summed E-state index contributed by atoms with van der Waals surface area (Å²) in [7, 11) is 0. The van der Waals surface area contributed by atoms with Gasteiger partial charge in [0, 0.05) is 24.0 Å². The molecule has 0 aliphatic heterocycles. The number of hydrogen-bond acceptors (Lipinski definition) is 6. The molecule has 7 heteroatoms. The van der Waals surface area contributed by atoms with Crippen molar-refractivity contribution in [2.45, 2.75) is 37.0 Å². The van der Waals surface area contributed by atoms with Gasteiger partial charge in [-0.15, -0.1) is 11.8 Å². The summed E-state index contributed by atoms with van der Waals surface area (Å²) in [6.07, 6.45) is -1.26. The first-order valence-electron chi connectivity index (χ1n) is 9.01. The zero-order chi connectivity index (χ0) is 20.2. The van der Waals surface area contributed by atoms with Gasteiger partial charge in [-0.2, -0.15) is 0 Å². The van der Waals surface area contributed by atoms with Gasteiger partial charge in [-0.3, -0.25) is 4.79 Å². The van der Waals surface area contributed by atoms with E-state index in [4.69, 9.17) is 9.47 Å². The van der Waals surface area contributed by atoms with Crippen molar-refractivity contribution in [2.75, 3.05) is 12.4 Å². The quantitative estimate of drug-likeness (QED) is 0.467. The third kappa shape index (κ3) is 8.45. The fourth-order valence-electron chi connectivity index (χ4n) is 2.39. The first-order valence-corrected chi connectivity index (χ1v) is 9.99. The first-order chi connectivity index (χ1) is 13.5. The van der Waals surface area contributed by atoms with Crippen molar-refractivity contribution < 1.29 is 24.2 Å². The molecule has 0 fully saturated rings. The van der Waals surface area contributed by atoms with E-state index in [1.54, 1.807) is 0 Å². The van der Waals surface area contributed by atoms with Crippen LogP contribution >= 0.6 is 11.8 Å². The molecule has 0 spiro atoms. The maximum absolute atomic E-state index is 12.2. The van der Waals surface area contributed by atoms with Gasteiger partial charge in [0.05, 0.1) is 18.8 Å². The summed E-state index contributed by atoms with van der Waals surface area (Å²) in [6.45, 7) is 1.55. The van der Waals surface area contributed by atoms with E-state index in [1.165, 1.54) is 18.7 Å². The lowest BCUT2D eigenvalue weighted by Crippen LogP contribution is -2.45. The summed E-state index contributed by atoms with van der Waals surface area (Å²) in [5.74, 6) is 0.0451. The number of hydrogen-bond donors (Lipinski definition) is 2. The van der Waals surface area contributed by atoms with E-state index in [2.05, 4.69) is 5.32 Å². The van der Waals surface area contributed by atoms with Gasteiger partial charge in [0.15, 0.2) is 0 Å². The molecule has 2 unspecified atom stereocenters. The normalized spacial score (nSPS) is 12.6. The highest BCUT2D eigenvalue weighted by Crippen LogP contribution is 2.19. The maximum Gasteiger partial charge on any atom is 0.407 e. The molecule has 2 aromatic carbocycles. The summed E-state index contributed by atoms with van der Waals surface area (Å²) in [5.41, 5.74) is 0.878. The molecular weight excluding hydrogens is 378 g/mol. The molecule has 6 nitrogen and oxygen atoms in total. The van der Waals surface area contributed by atoms with Crippen molar-refractivity contribution in [1.29, 1.82) is 0 Å². The summed E-state index contributed by atoms with van der Waals surface area (Å²) < 4.78 is 10.1. The number of carbonyl (C=O) groups excluding carboxylic acids is 2. The highest BCUT2D eigenvalue weighted by atomic mass is 32.2. The number of aliphatic hydroxyl groups excluding tert-OH is 1. The Morgan fingerprint density at radius 2 is 1.68 bits per heavy atom. The molecule has 2 rings (SSSR count). The van der Waals surface area contributed by atoms with Crippen molar-refractivity contribution in [2.24, 2.45) is 0 Å². The van der Waals surface area contributed by atoms with Crippen molar-refractivity contribution in [3.8, 4) is 0 Å². The van der Waals surface area contributed by atoms with Gasteiger partial charge in [0.2, 0.25) is 0 Å². The number of thioether (sulfide) groups is 1. The Hall–Kier alpha value is -2.51. The topological polar surface area (TPSA) is 84.9 Å². The highest BCUT2D eigenvalue weighted by Gasteiger charge is 2.22. The van der Waals surface area contributed by atoms with E-state index in [0.29, 0.717) is 5.75 Å². The zero-order valence-corrected chi connectivity index (χ0v) is 16.6. The van der Waals surface area contributed by atoms with E-state index in [1.807, 2.05) is 60.7 Å². The van der Waals surface area contributed by atoms with Crippen molar-refractivity contribution in [3.63, 3.8) is 0 Å². The number of amides is 1. The third-order valence-electron chi connectivity index (χ3n) is 3.87. The molecule has 2 N–H and O–H groups in total. The Morgan fingerprint density at radius 1 is 1.04 bits per heavy atom. The second-order valence-electron chi connectivity index (χ2n) is 6.13. The summed E-state index contributed by atoms with van der Waals surface area (Å²) in [4.78, 5) is 24.1. The maximum atomic E-state index is 12.2. The van der Waals surface area contributed by atoms with Crippen LogP contribution in [0.5, 0.6) is 0 Å². The standard InChI is InChI=1S/C21H25NO5S/c1-16(23)26-13-12-20(24)19(15-28-18-10-6-3-7-11-18)22-21(25)27-14-17-8-4-2-5-9-17/h2-11,19-20,24H,12-15H2,1H3,(H,22,25). The van der Waals surface area contributed by atoms with Crippen LogP contribution in [0, 0.1) is 0 Å². The molecule has 2 atom stereocenters. The van der Waals surface area contributed by atoms with E-state index in [-0.39, 0.29) is 19.6 Å². The van der Waals surface area contributed by atoms with Crippen LogP contribution in [0.15, 0.2) is 65.6 Å². The number of esters is 1. The first kappa shape index (κ1) is 21.8. The fraction of sp³-hybridized carbons (Fsp3) is 0.333. The van der Waals surface area contributed by atoms with E-state index in [0.717, 1.165) is 10.5 Å². The number of carbonyl (C=O) groups is 2. The van der Waals surface area contributed by atoms with Crippen LogP contribution in [0.3, 0.4) is 0 Å². The minimum Gasteiger partial charge on any atom is -0.466 e. The average Bonchev–Trinajstić information content (AvgIpc) is 2.70. The third-order valence-corrected chi connectivity index (χ3v) is 5.00. The molecule has 1 amide bonds. The molecule has 0 radical (unpaired) electrons. The lowest BCUT2D eigenvalue weighted by Gasteiger charge is -2.23. The van der Waals surface area contributed by atoms with Gasteiger partial charge in [0.25, 0.3) is 0 Å². The van der Waals surface area contributed by atoms with E-state index >= 15 is 0 Å². The zero-order valence-electron chi connectivity index (χ0n) is 15.7. The molecular formula is C21H25NO5S. The van der Waals surface area contributed by atoms with Crippen molar-refractivity contribution in [3.05, 3.63) is 66.2 Å². The van der Waals surface area contributed by atoms with Gasteiger partial charge >= 0.3 is 12.1 Å². The molecule has 0 saturated carbocycles. The Labute approximate surface area is 169 Å². The van der Waals surface area contributed by atoms with Crippen molar-refractivity contribution >= 4 is 23.8 Å². The van der Waals surface area contributed by atoms with Crippen LogP contribution < -0.4 is 5.32 Å². The van der Waals surface area contributed by atoms with Gasteiger partial charge < -0.3 is 19.9 Å². The van der Waals surface area contributed by atoms with Crippen LogP contribution in [-0.2, 0) is 20.9 Å². The largest absolute Gasteiger partial charge is 0.466 e. The summed E-state index contributed by atoms with van der Waals surface area (Å²) in [5, 5.41) is 13.2. The predicted molar refractivity (Wildman–Crippen MR) is 108 cm³/mol. The van der Waals surface area contributed by atoms with Crippen molar-refractivity contribution in [1.82, 2.24) is 5.32 Å². The monoisotopic (exact) mass is 403 g/mol. The average molecular weight is 404 g/mol. The summed E-state index contributed by atoms with van der Waals surface area (Å²) in [6, 6.07) is 18.5. The lowest BCUT2D eigenvalue weighted by atomic mass is 10.1. The van der Waals surface area contributed by atoms with Crippen LogP contribution in [0.2, 0.25) is 0 Å². The van der Waals surface area contributed by atoms with Crippen LogP contribution in [0.25, 0.3) is 0 Å². The Bertz CT molecular complexity index is 726. The number of rotatable bonds is 10. The SMILES string of the molecule is CC(=O)OCCC(O)C(CSc1ccccc1)NC(=O)OCc1ccccc1. The molecule has 0 heterocycles. The molecule has 28 heavy (non-hydrogen) atoms. The number of aliphatic hydroxyl groups is 1. The number of alkyl carbamates (subject to hydrolysis) is 1. The minimum atomic E-state index is -0.875. The molecule has 2 aromatic rings. The molecule has 0 bridgehead atoms. The van der Waals surface area contributed by atoms with Crippen LogP contribution in [-0.4, -0.2) is 41.7 Å². The molecule has 0 saturated heterocycles. The molecule has 0 aromatic heterocycles. The predicted octanol–water partition coefficient (Wildman–Crippen LogP) is 3.39. The minimum absolute atomic E-state index is 0.0871. The number of nitrogens with one attached hydrogen (secondary N) is 1. The second kappa shape index (κ2) is 12.0.